The lowest BCUT2D eigenvalue weighted by atomic mass is 10.0. The first-order valence-electron chi connectivity index (χ1n) is 9.57. The Labute approximate surface area is 178 Å². The Morgan fingerprint density at radius 3 is 1.23 bits per heavy atom. The van der Waals surface area contributed by atoms with Gasteiger partial charge in [0.1, 0.15) is 23.0 Å². The lowest BCUT2D eigenvalue weighted by Gasteiger charge is -2.08. The van der Waals surface area contributed by atoms with E-state index in [2.05, 4.69) is 24.3 Å². The summed E-state index contributed by atoms with van der Waals surface area (Å²) in [5, 5.41) is 0. The van der Waals surface area contributed by atoms with Crippen LogP contribution in [0.15, 0.2) is 60.7 Å². The Hall–Kier alpha value is -3.66. The second-order valence-corrected chi connectivity index (χ2v) is 6.51. The number of methoxy groups -OCH3 is 4. The molecule has 3 aromatic carbocycles. The lowest BCUT2D eigenvalue weighted by Crippen LogP contribution is -1.90. The van der Waals surface area contributed by atoms with E-state index in [-0.39, 0.29) is 0 Å². The molecular formula is C26H26O4. The zero-order valence-electron chi connectivity index (χ0n) is 17.7. The van der Waals surface area contributed by atoms with Crippen LogP contribution in [0.5, 0.6) is 23.0 Å². The van der Waals surface area contributed by atoms with E-state index in [0.29, 0.717) is 0 Å². The first-order valence-corrected chi connectivity index (χ1v) is 9.57. The fraction of sp³-hybridized carbons (Fsp3) is 0.154. The highest BCUT2D eigenvalue weighted by molar-refractivity contribution is 5.81. The van der Waals surface area contributed by atoms with Gasteiger partial charge in [-0.15, -0.1) is 0 Å². The number of hydrogen-bond acceptors (Lipinski definition) is 4. The van der Waals surface area contributed by atoms with Crippen molar-refractivity contribution in [3.05, 3.63) is 82.9 Å². The zero-order chi connectivity index (χ0) is 21.3. The molecule has 0 unspecified atom stereocenters. The molecule has 3 aromatic rings. The molecule has 0 radical (unpaired) electrons. The fourth-order valence-corrected chi connectivity index (χ4v) is 3.09. The monoisotopic (exact) mass is 402 g/mol. The molecule has 0 N–H and O–H groups in total. The summed E-state index contributed by atoms with van der Waals surface area (Å²) >= 11 is 0. The Kier molecular flexibility index (Phi) is 7.17. The van der Waals surface area contributed by atoms with Crippen LogP contribution in [-0.2, 0) is 0 Å². The van der Waals surface area contributed by atoms with Gasteiger partial charge >= 0.3 is 0 Å². The molecule has 0 amide bonds. The molecule has 0 heterocycles. The van der Waals surface area contributed by atoms with Crippen LogP contribution >= 0.6 is 0 Å². The van der Waals surface area contributed by atoms with E-state index < -0.39 is 0 Å². The third-order valence-electron chi connectivity index (χ3n) is 4.76. The summed E-state index contributed by atoms with van der Waals surface area (Å²) in [4.78, 5) is 0. The summed E-state index contributed by atoms with van der Waals surface area (Å²) in [5.74, 6) is 3.06. The molecule has 0 spiro atoms. The second kappa shape index (κ2) is 10.2. The van der Waals surface area contributed by atoms with Gasteiger partial charge in [0, 0.05) is 23.3 Å². The van der Waals surface area contributed by atoms with E-state index in [4.69, 9.17) is 18.9 Å². The highest BCUT2D eigenvalue weighted by Gasteiger charge is 2.04. The Bertz CT molecular complexity index is 966. The van der Waals surface area contributed by atoms with Crippen molar-refractivity contribution in [1.29, 1.82) is 0 Å². The molecule has 4 nitrogen and oxygen atoms in total. The highest BCUT2D eigenvalue weighted by Crippen LogP contribution is 2.28. The van der Waals surface area contributed by atoms with Crippen LogP contribution in [0.2, 0.25) is 0 Å². The maximum Gasteiger partial charge on any atom is 0.129 e. The van der Waals surface area contributed by atoms with Crippen molar-refractivity contribution in [2.24, 2.45) is 0 Å². The van der Waals surface area contributed by atoms with Crippen LogP contribution in [0.4, 0.5) is 0 Å². The van der Waals surface area contributed by atoms with E-state index in [0.717, 1.165) is 45.3 Å². The fourth-order valence-electron chi connectivity index (χ4n) is 3.09. The minimum Gasteiger partial charge on any atom is -0.497 e. The summed E-state index contributed by atoms with van der Waals surface area (Å²) in [6.45, 7) is 0. The minimum atomic E-state index is 0.765. The van der Waals surface area contributed by atoms with Crippen LogP contribution < -0.4 is 18.9 Å². The molecule has 3 rings (SSSR count). The predicted molar refractivity (Wildman–Crippen MR) is 123 cm³/mol. The van der Waals surface area contributed by atoms with Crippen molar-refractivity contribution < 1.29 is 18.9 Å². The van der Waals surface area contributed by atoms with Crippen molar-refractivity contribution in [3.63, 3.8) is 0 Å². The standard InChI is InChI=1S/C26H26O4/c1-27-23-15-13-21(25(17-23)29-3)11-9-19-7-5-6-8-20(19)10-12-22-14-16-24(28-2)18-26(22)30-4/h5-18H,1-4H3/b11-9+,12-10+. The first kappa shape index (κ1) is 21.1. The molecule has 0 aromatic heterocycles. The Morgan fingerprint density at radius 2 is 0.867 bits per heavy atom. The molecule has 154 valence electrons. The Morgan fingerprint density at radius 1 is 0.467 bits per heavy atom. The molecular weight excluding hydrogens is 376 g/mol. The van der Waals surface area contributed by atoms with Gasteiger partial charge in [0.25, 0.3) is 0 Å². The van der Waals surface area contributed by atoms with Crippen LogP contribution in [0.25, 0.3) is 24.3 Å². The topological polar surface area (TPSA) is 36.9 Å². The maximum atomic E-state index is 5.49. The molecule has 0 bridgehead atoms. The van der Waals surface area contributed by atoms with Crippen molar-refractivity contribution in [3.8, 4) is 23.0 Å². The molecule has 0 fully saturated rings. The van der Waals surface area contributed by atoms with Crippen LogP contribution in [0.1, 0.15) is 22.3 Å². The van der Waals surface area contributed by atoms with Gasteiger partial charge in [-0.05, 0) is 35.4 Å². The van der Waals surface area contributed by atoms with Crippen LogP contribution in [-0.4, -0.2) is 28.4 Å². The second-order valence-electron chi connectivity index (χ2n) is 6.51. The third kappa shape index (κ3) is 5.03. The largest absolute Gasteiger partial charge is 0.497 e. The van der Waals surface area contributed by atoms with E-state index >= 15 is 0 Å². The number of hydrogen-bond donors (Lipinski definition) is 0. The summed E-state index contributed by atoms with van der Waals surface area (Å²) in [6.07, 6.45) is 8.24. The third-order valence-corrected chi connectivity index (χ3v) is 4.76. The molecule has 4 heteroatoms. The van der Waals surface area contributed by atoms with Gasteiger partial charge in [-0.25, -0.2) is 0 Å². The smallest absolute Gasteiger partial charge is 0.129 e. The molecule has 0 atom stereocenters. The zero-order valence-corrected chi connectivity index (χ0v) is 17.7. The van der Waals surface area contributed by atoms with Gasteiger partial charge in [0.15, 0.2) is 0 Å². The van der Waals surface area contributed by atoms with Gasteiger partial charge < -0.3 is 18.9 Å². The molecule has 30 heavy (non-hydrogen) atoms. The van der Waals surface area contributed by atoms with Gasteiger partial charge in [0.05, 0.1) is 28.4 Å². The number of benzene rings is 3. The van der Waals surface area contributed by atoms with Crippen molar-refractivity contribution >= 4 is 24.3 Å². The van der Waals surface area contributed by atoms with Crippen LogP contribution in [0.3, 0.4) is 0 Å². The van der Waals surface area contributed by atoms with Gasteiger partial charge in [-0.2, -0.15) is 0 Å². The van der Waals surface area contributed by atoms with Gasteiger partial charge in [0.2, 0.25) is 0 Å². The number of rotatable bonds is 8. The highest BCUT2D eigenvalue weighted by atomic mass is 16.5. The first-order chi connectivity index (χ1) is 14.7. The normalized spacial score (nSPS) is 11.1. The molecule has 0 aliphatic carbocycles. The van der Waals surface area contributed by atoms with Crippen molar-refractivity contribution in [1.82, 2.24) is 0 Å². The summed E-state index contributed by atoms with van der Waals surface area (Å²) in [5.41, 5.74) is 4.15. The Balaban J connectivity index is 1.89. The van der Waals surface area contributed by atoms with E-state index in [9.17, 15) is 0 Å². The minimum absolute atomic E-state index is 0.765. The SMILES string of the molecule is COc1ccc(/C=C/c2ccccc2/C=C/c2ccc(OC)cc2OC)c(OC)c1. The average Bonchev–Trinajstić information content (AvgIpc) is 2.81. The van der Waals surface area contributed by atoms with Crippen LogP contribution in [0, 0.1) is 0 Å². The average molecular weight is 402 g/mol. The van der Waals surface area contributed by atoms with Crippen molar-refractivity contribution in [2.75, 3.05) is 28.4 Å². The summed E-state index contributed by atoms with van der Waals surface area (Å²) in [7, 11) is 6.60. The number of ether oxygens (including phenoxy) is 4. The van der Waals surface area contributed by atoms with Crippen molar-refractivity contribution in [2.45, 2.75) is 0 Å². The van der Waals surface area contributed by atoms with E-state index in [1.807, 2.05) is 60.7 Å². The summed E-state index contributed by atoms with van der Waals surface area (Å²) < 4.78 is 21.5. The summed E-state index contributed by atoms with van der Waals surface area (Å²) in [6, 6.07) is 19.8. The maximum absolute atomic E-state index is 5.49. The van der Waals surface area contributed by atoms with Gasteiger partial charge in [-0.3, -0.25) is 0 Å². The lowest BCUT2D eigenvalue weighted by molar-refractivity contribution is 0.393. The van der Waals surface area contributed by atoms with E-state index in [1.54, 1.807) is 28.4 Å². The molecule has 0 saturated heterocycles. The predicted octanol–water partition coefficient (Wildman–Crippen LogP) is 6.06. The quantitative estimate of drug-likeness (QED) is 0.429. The molecule has 0 aliphatic heterocycles. The molecule has 0 aliphatic rings. The van der Waals surface area contributed by atoms with E-state index in [1.165, 1.54) is 0 Å². The van der Waals surface area contributed by atoms with Gasteiger partial charge in [-0.1, -0.05) is 48.6 Å². The molecule has 0 saturated carbocycles.